The van der Waals surface area contributed by atoms with E-state index >= 15 is 0 Å². The molecule has 4 rings (SSSR count). The third-order valence-corrected chi connectivity index (χ3v) is 5.68. The maximum atomic E-state index is 12.7. The van der Waals surface area contributed by atoms with E-state index in [0.717, 1.165) is 18.8 Å². The Hall–Kier alpha value is -3.35. The van der Waals surface area contributed by atoms with Crippen LogP contribution in [0.1, 0.15) is 29.6 Å². The molecule has 2 aliphatic rings. The van der Waals surface area contributed by atoms with Gasteiger partial charge in [-0.15, -0.1) is 0 Å². The molecule has 0 spiro atoms. The molecule has 0 bridgehead atoms. The number of carbonyl (C=O) groups is 3. The van der Waals surface area contributed by atoms with Gasteiger partial charge in [0.1, 0.15) is 0 Å². The minimum atomic E-state index is -0.467. The van der Waals surface area contributed by atoms with Crippen molar-refractivity contribution in [3.8, 4) is 0 Å². The first-order valence-corrected chi connectivity index (χ1v) is 10.2. The van der Waals surface area contributed by atoms with Gasteiger partial charge in [-0.1, -0.05) is 6.07 Å². The molecule has 1 atom stereocenters. The number of esters is 1. The lowest BCUT2D eigenvalue weighted by Gasteiger charge is -2.20. The second-order valence-electron chi connectivity index (χ2n) is 7.68. The molecule has 2 aliphatic heterocycles. The van der Waals surface area contributed by atoms with Gasteiger partial charge < -0.3 is 19.9 Å². The maximum Gasteiger partial charge on any atom is 0.337 e. The molecule has 2 amide bonds. The summed E-state index contributed by atoms with van der Waals surface area (Å²) in [5.41, 5.74) is 2.84. The van der Waals surface area contributed by atoms with Gasteiger partial charge in [0.15, 0.2) is 0 Å². The summed E-state index contributed by atoms with van der Waals surface area (Å²) in [4.78, 5) is 40.9. The molecular weight excluding hydrogens is 382 g/mol. The first kappa shape index (κ1) is 19.9. The quantitative estimate of drug-likeness (QED) is 0.771. The van der Waals surface area contributed by atoms with Crippen molar-refractivity contribution in [2.45, 2.75) is 19.3 Å². The Bertz CT molecular complexity index is 951. The van der Waals surface area contributed by atoms with Gasteiger partial charge in [0.2, 0.25) is 11.8 Å². The maximum absolute atomic E-state index is 12.7. The van der Waals surface area contributed by atoms with Gasteiger partial charge in [0, 0.05) is 43.1 Å². The van der Waals surface area contributed by atoms with Crippen molar-refractivity contribution in [1.82, 2.24) is 0 Å². The third-order valence-electron chi connectivity index (χ3n) is 5.68. The van der Waals surface area contributed by atoms with E-state index in [2.05, 4.69) is 10.2 Å². The van der Waals surface area contributed by atoms with Crippen molar-refractivity contribution in [1.29, 1.82) is 0 Å². The first-order valence-electron chi connectivity index (χ1n) is 10.2. The van der Waals surface area contributed by atoms with Crippen LogP contribution in [0.5, 0.6) is 0 Å². The summed E-state index contributed by atoms with van der Waals surface area (Å²) in [6.45, 7) is 2.48. The van der Waals surface area contributed by atoms with Crippen LogP contribution in [0.25, 0.3) is 0 Å². The highest BCUT2D eigenvalue weighted by Gasteiger charge is 2.35. The number of ether oxygens (including phenoxy) is 1. The lowest BCUT2D eigenvalue weighted by molar-refractivity contribution is -0.122. The van der Waals surface area contributed by atoms with Crippen LogP contribution < -0.4 is 15.1 Å². The van der Waals surface area contributed by atoms with Gasteiger partial charge in [-0.2, -0.15) is 0 Å². The lowest BCUT2D eigenvalue weighted by atomic mass is 10.1. The van der Waals surface area contributed by atoms with E-state index < -0.39 is 11.9 Å². The molecule has 7 nitrogen and oxygen atoms in total. The van der Waals surface area contributed by atoms with Crippen molar-refractivity contribution < 1.29 is 19.1 Å². The summed E-state index contributed by atoms with van der Waals surface area (Å²) in [6.07, 6.45) is 2.59. The van der Waals surface area contributed by atoms with Gasteiger partial charge in [0.05, 0.1) is 18.6 Å². The molecule has 2 aromatic carbocycles. The third kappa shape index (κ3) is 4.15. The normalized spacial score (nSPS) is 18.6. The van der Waals surface area contributed by atoms with Crippen LogP contribution in [0.3, 0.4) is 0 Å². The van der Waals surface area contributed by atoms with Crippen LogP contribution in [-0.2, 0) is 14.3 Å². The minimum Gasteiger partial charge on any atom is -0.465 e. The van der Waals surface area contributed by atoms with Crippen molar-refractivity contribution in [2.24, 2.45) is 5.92 Å². The van der Waals surface area contributed by atoms with E-state index in [1.54, 1.807) is 29.2 Å². The summed E-state index contributed by atoms with van der Waals surface area (Å²) >= 11 is 0. The van der Waals surface area contributed by atoms with Crippen LogP contribution >= 0.6 is 0 Å². The molecule has 0 aliphatic carbocycles. The van der Waals surface area contributed by atoms with Crippen molar-refractivity contribution in [3.05, 3.63) is 54.1 Å². The number of hydrogen-bond acceptors (Lipinski definition) is 5. The Labute approximate surface area is 175 Å². The van der Waals surface area contributed by atoms with E-state index in [1.807, 2.05) is 24.3 Å². The van der Waals surface area contributed by atoms with Crippen LogP contribution in [-0.4, -0.2) is 44.5 Å². The predicted molar refractivity (Wildman–Crippen MR) is 115 cm³/mol. The van der Waals surface area contributed by atoms with E-state index in [0.29, 0.717) is 17.8 Å². The summed E-state index contributed by atoms with van der Waals surface area (Å²) in [7, 11) is 1.31. The Morgan fingerprint density at radius 2 is 1.73 bits per heavy atom. The highest BCUT2D eigenvalue weighted by atomic mass is 16.5. The minimum absolute atomic E-state index is 0.0626. The van der Waals surface area contributed by atoms with E-state index in [4.69, 9.17) is 4.74 Å². The molecule has 0 radical (unpaired) electrons. The molecule has 1 unspecified atom stereocenters. The van der Waals surface area contributed by atoms with Crippen molar-refractivity contribution in [3.63, 3.8) is 0 Å². The number of anilines is 3. The number of nitrogens with one attached hydrogen (secondary N) is 1. The zero-order valence-electron chi connectivity index (χ0n) is 17.0. The lowest BCUT2D eigenvalue weighted by Crippen LogP contribution is -2.28. The topological polar surface area (TPSA) is 78.9 Å². The standard InChI is InChI=1S/C23H25N3O4/c1-30-23(29)16-5-4-6-18(13-16)24-22(28)17-14-21(27)26(15-17)20-9-7-19(8-10-20)25-11-2-3-12-25/h4-10,13,17H,2-3,11-12,14-15H2,1H3,(H,24,28). The fourth-order valence-corrected chi connectivity index (χ4v) is 4.04. The average molecular weight is 407 g/mol. The number of methoxy groups -OCH3 is 1. The monoisotopic (exact) mass is 407 g/mol. The zero-order chi connectivity index (χ0) is 21.1. The summed E-state index contributed by atoms with van der Waals surface area (Å²) in [5, 5.41) is 2.81. The van der Waals surface area contributed by atoms with E-state index in [-0.39, 0.29) is 18.2 Å². The van der Waals surface area contributed by atoms with Gasteiger partial charge in [-0.3, -0.25) is 9.59 Å². The highest BCUT2D eigenvalue weighted by Crippen LogP contribution is 2.29. The summed E-state index contributed by atoms with van der Waals surface area (Å²) in [5.74, 6) is -1.21. The number of hydrogen-bond donors (Lipinski definition) is 1. The zero-order valence-corrected chi connectivity index (χ0v) is 17.0. The second kappa shape index (κ2) is 8.57. The fourth-order valence-electron chi connectivity index (χ4n) is 4.04. The molecular formula is C23H25N3O4. The Balaban J connectivity index is 1.40. The van der Waals surface area contributed by atoms with Crippen LogP contribution in [0, 0.1) is 5.92 Å². The molecule has 2 heterocycles. The van der Waals surface area contributed by atoms with Gasteiger partial charge in [0.25, 0.3) is 0 Å². The summed E-state index contributed by atoms with van der Waals surface area (Å²) < 4.78 is 4.71. The SMILES string of the molecule is COC(=O)c1cccc(NC(=O)C2CC(=O)N(c3ccc(N4CCCC4)cc3)C2)c1. The second-order valence-corrected chi connectivity index (χ2v) is 7.68. The molecule has 30 heavy (non-hydrogen) atoms. The summed E-state index contributed by atoms with van der Waals surface area (Å²) in [6, 6.07) is 14.5. The first-order chi connectivity index (χ1) is 14.5. The van der Waals surface area contributed by atoms with E-state index in [1.165, 1.54) is 25.6 Å². The Morgan fingerprint density at radius 3 is 2.43 bits per heavy atom. The number of nitrogens with zero attached hydrogens (tertiary/aromatic N) is 2. The molecule has 7 heteroatoms. The molecule has 156 valence electrons. The number of rotatable bonds is 5. The predicted octanol–water partition coefficient (Wildman–Crippen LogP) is 3.07. The Kier molecular flexibility index (Phi) is 5.70. The van der Waals surface area contributed by atoms with Gasteiger partial charge >= 0.3 is 5.97 Å². The molecule has 0 saturated carbocycles. The van der Waals surface area contributed by atoms with Crippen molar-refractivity contribution in [2.75, 3.05) is 41.9 Å². The van der Waals surface area contributed by atoms with Crippen molar-refractivity contribution >= 4 is 34.8 Å². The number of carbonyl (C=O) groups excluding carboxylic acids is 3. The molecule has 0 aromatic heterocycles. The van der Waals surface area contributed by atoms with Gasteiger partial charge in [-0.25, -0.2) is 4.79 Å². The van der Waals surface area contributed by atoms with Gasteiger partial charge in [-0.05, 0) is 55.3 Å². The molecule has 1 N–H and O–H groups in total. The number of benzene rings is 2. The highest BCUT2D eigenvalue weighted by molar-refractivity contribution is 6.04. The Morgan fingerprint density at radius 1 is 1.03 bits per heavy atom. The number of amides is 2. The molecule has 2 fully saturated rings. The molecule has 2 aromatic rings. The van der Waals surface area contributed by atoms with Crippen LogP contribution in [0.2, 0.25) is 0 Å². The van der Waals surface area contributed by atoms with E-state index in [9.17, 15) is 14.4 Å². The smallest absolute Gasteiger partial charge is 0.337 e. The molecule has 2 saturated heterocycles. The van der Waals surface area contributed by atoms with Crippen LogP contribution in [0.4, 0.5) is 17.1 Å². The average Bonchev–Trinajstić information content (AvgIpc) is 3.43. The largest absolute Gasteiger partial charge is 0.465 e. The fraction of sp³-hybridized carbons (Fsp3) is 0.348. The van der Waals surface area contributed by atoms with Crippen LogP contribution in [0.15, 0.2) is 48.5 Å².